The molecule has 0 aliphatic carbocycles. The van der Waals surface area contributed by atoms with Crippen molar-refractivity contribution in [2.24, 2.45) is 0 Å². The van der Waals surface area contributed by atoms with Crippen LogP contribution in [-0.2, 0) is 13.8 Å². The predicted molar refractivity (Wildman–Crippen MR) is 185 cm³/mol. The average molecular weight is 652 g/mol. The van der Waals surface area contributed by atoms with Gasteiger partial charge in [0.05, 0.1) is 19.0 Å². The van der Waals surface area contributed by atoms with Gasteiger partial charge in [0.1, 0.15) is 6.23 Å². The van der Waals surface area contributed by atoms with Crippen LogP contribution < -0.4 is 11.3 Å². The molecule has 0 saturated carbocycles. The molecule has 2 aromatic heterocycles. The Balaban J connectivity index is 1.90. The monoisotopic (exact) mass is 651 g/mol. The van der Waals surface area contributed by atoms with Gasteiger partial charge in [-0.1, -0.05) is 98.3 Å². The van der Waals surface area contributed by atoms with E-state index < -0.39 is 13.7 Å². The number of H-pyrrole nitrogens is 1. The highest BCUT2D eigenvalue weighted by atomic mass is 31.2. The van der Waals surface area contributed by atoms with Crippen molar-refractivity contribution in [3.8, 4) is 0 Å². The molecule has 45 heavy (non-hydrogen) atoms. The Bertz CT molecular complexity index is 1240. The number of hydrogen-bond acceptors (Lipinski definition) is 8. The van der Waals surface area contributed by atoms with E-state index in [1.807, 2.05) is 18.7 Å². The quantitative estimate of drug-likeness (QED) is 0.0991. The molecule has 0 spiro atoms. The number of imidazole rings is 1. The molecule has 1 aliphatic heterocycles. The Labute approximate surface area is 271 Å². The maximum Gasteiger partial charge on any atom is 0.280 e. The van der Waals surface area contributed by atoms with E-state index in [0.29, 0.717) is 24.8 Å². The first-order chi connectivity index (χ1) is 21.7. The maximum atomic E-state index is 14.4. The third-order valence-corrected chi connectivity index (χ3v) is 12.5. The van der Waals surface area contributed by atoms with Crippen LogP contribution in [-0.4, -0.2) is 80.7 Å². The molecule has 0 aromatic carbocycles. The van der Waals surface area contributed by atoms with E-state index in [4.69, 9.17) is 15.0 Å². The van der Waals surface area contributed by atoms with Gasteiger partial charge in [-0.15, -0.1) is 0 Å². The Morgan fingerprint density at radius 2 is 1.64 bits per heavy atom. The lowest BCUT2D eigenvalue weighted by Gasteiger charge is -2.43. The normalized spacial score (nSPS) is 20.5. The number of anilines is 1. The van der Waals surface area contributed by atoms with Crippen LogP contribution in [0, 0.1) is 0 Å². The topological polar surface area (TPSA) is 132 Å². The number of fused-ring (bicyclic) bond motifs is 1. The molecule has 12 heteroatoms. The number of nitrogens with zero attached hydrogens (tertiary/aromatic N) is 5. The van der Waals surface area contributed by atoms with Crippen LogP contribution in [0.1, 0.15) is 130 Å². The number of nitrogen functional groups attached to an aromatic ring is 1. The van der Waals surface area contributed by atoms with E-state index in [0.717, 1.165) is 38.5 Å². The molecule has 258 valence electrons. The molecule has 1 saturated heterocycles. The summed E-state index contributed by atoms with van der Waals surface area (Å²) in [4.78, 5) is 26.5. The average Bonchev–Trinajstić information content (AvgIpc) is 3.45. The molecule has 2 aromatic rings. The number of unbranched alkanes of at least 4 members (excludes halogenated alkanes) is 8. The predicted octanol–water partition coefficient (Wildman–Crippen LogP) is 7.34. The van der Waals surface area contributed by atoms with Crippen molar-refractivity contribution in [1.82, 2.24) is 29.1 Å². The standard InChI is InChI=1S/C33H62N7O4P/c1-7-11-14-16-18-20-26(19-17-15-12-8-2)39-22-27(24-43-45(42,38(5)6)28(10-4)21-13-9-3)44-29(23-39)40-25-35-30-31(40)36-33(34)37-32(30)41/h25-29H,7-24H2,1-6H3,(H3,34,36,37,41)/t26?,27-,28?,29+,45?/m0/s1. The zero-order valence-corrected chi connectivity index (χ0v) is 29.9. The molecule has 3 N–H and O–H groups in total. The minimum atomic E-state index is -3.09. The summed E-state index contributed by atoms with van der Waals surface area (Å²) in [6, 6.07) is 0.405. The van der Waals surface area contributed by atoms with E-state index >= 15 is 0 Å². The Morgan fingerprint density at radius 3 is 2.27 bits per heavy atom. The molecule has 0 radical (unpaired) electrons. The summed E-state index contributed by atoms with van der Waals surface area (Å²) in [6.07, 6.45) is 18.1. The molecule has 5 atom stereocenters. The van der Waals surface area contributed by atoms with Gasteiger partial charge in [0, 0.05) is 24.8 Å². The number of ether oxygens (including phenoxy) is 1. The molecule has 1 aliphatic rings. The Hall–Kier alpha value is -1.78. The van der Waals surface area contributed by atoms with Gasteiger partial charge >= 0.3 is 0 Å². The van der Waals surface area contributed by atoms with E-state index in [1.54, 1.807) is 11.0 Å². The minimum absolute atomic E-state index is 0.0196. The van der Waals surface area contributed by atoms with Crippen LogP contribution >= 0.6 is 7.52 Å². The Morgan fingerprint density at radius 1 is 1.00 bits per heavy atom. The number of aromatic amines is 1. The Kier molecular flexibility index (Phi) is 16.0. The molecule has 3 rings (SSSR count). The first kappa shape index (κ1) is 37.7. The lowest BCUT2D eigenvalue weighted by atomic mass is 9.98. The number of nitrogens with two attached hydrogens (primary N) is 1. The zero-order valence-electron chi connectivity index (χ0n) is 29.0. The molecular formula is C33H62N7O4P. The second kappa shape index (κ2) is 19.1. The van der Waals surface area contributed by atoms with E-state index in [1.165, 1.54) is 57.8 Å². The summed E-state index contributed by atoms with van der Waals surface area (Å²) in [7, 11) is 0.641. The first-order valence-corrected chi connectivity index (χ1v) is 19.4. The third-order valence-electron chi connectivity index (χ3n) is 9.31. The van der Waals surface area contributed by atoms with E-state index in [2.05, 4.69) is 47.5 Å². The SMILES string of the molecule is CCCCCCCC(CCCCCC)N1C[C@@H](COP(=O)(C(CC)CCCC)N(C)C)O[C@@H](n2cnc3c(=O)[nH]c(N)nc32)C1. The van der Waals surface area contributed by atoms with Gasteiger partial charge < -0.3 is 15.0 Å². The molecule has 11 nitrogen and oxygen atoms in total. The van der Waals surface area contributed by atoms with Crippen molar-refractivity contribution in [1.29, 1.82) is 0 Å². The fourth-order valence-corrected chi connectivity index (χ4v) is 9.06. The van der Waals surface area contributed by atoms with E-state index in [-0.39, 0.29) is 35.4 Å². The van der Waals surface area contributed by atoms with Crippen molar-refractivity contribution < 1.29 is 13.8 Å². The van der Waals surface area contributed by atoms with Crippen molar-refractivity contribution in [2.75, 3.05) is 39.5 Å². The second-order valence-corrected chi connectivity index (χ2v) is 16.0. The van der Waals surface area contributed by atoms with Gasteiger partial charge in [0.15, 0.2) is 11.2 Å². The minimum Gasteiger partial charge on any atom is -0.369 e. The smallest absolute Gasteiger partial charge is 0.280 e. The molecule has 3 heterocycles. The second-order valence-electron chi connectivity index (χ2n) is 13.1. The van der Waals surface area contributed by atoms with Gasteiger partial charge in [0.2, 0.25) is 5.95 Å². The van der Waals surface area contributed by atoms with Crippen LogP contribution in [0.2, 0.25) is 0 Å². The van der Waals surface area contributed by atoms with E-state index in [9.17, 15) is 9.36 Å². The summed E-state index contributed by atoms with van der Waals surface area (Å²) in [5.41, 5.74) is 6.20. The lowest BCUT2D eigenvalue weighted by molar-refractivity contribution is -0.140. The maximum absolute atomic E-state index is 14.4. The zero-order chi connectivity index (χ0) is 32.8. The molecular weight excluding hydrogens is 589 g/mol. The van der Waals surface area contributed by atoms with Crippen LogP contribution in [0.4, 0.5) is 5.95 Å². The van der Waals surface area contributed by atoms with Crippen LogP contribution in [0.25, 0.3) is 11.2 Å². The number of morpholine rings is 1. The van der Waals surface area contributed by atoms with Crippen molar-refractivity contribution in [2.45, 2.75) is 148 Å². The summed E-state index contributed by atoms with van der Waals surface area (Å²) in [5.74, 6) is 0.0484. The van der Waals surface area contributed by atoms with Gasteiger partial charge in [-0.3, -0.25) is 23.8 Å². The van der Waals surface area contributed by atoms with Gasteiger partial charge in [-0.25, -0.2) is 9.65 Å². The first-order valence-electron chi connectivity index (χ1n) is 17.7. The number of nitrogens with one attached hydrogen (secondary N) is 1. The summed E-state index contributed by atoms with van der Waals surface area (Å²) >= 11 is 0. The van der Waals surface area contributed by atoms with Crippen molar-refractivity contribution >= 4 is 24.6 Å². The summed E-state index contributed by atoms with van der Waals surface area (Å²) in [6.45, 7) is 10.3. The van der Waals surface area contributed by atoms with Crippen LogP contribution in [0.5, 0.6) is 0 Å². The molecule has 3 unspecified atom stereocenters. The van der Waals surface area contributed by atoms with Crippen molar-refractivity contribution in [3.63, 3.8) is 0 Å². The van der Waals surface area contributed by atoms with Gasteiger partial charge in [-0.05, 0) is 39.8 Å². The lowest BCUT2D eigenvalue weighted by Crippen LogP contribution is -2.51. The molecule has 0 amide bonds. The highest BCUT2D eigenvalue weighted by molar-refractivity contribution is 7.57. The van der Waals surface area contributed by atoms with Crippen molar-refractivity contribution in [3.05, 3.63) is 16.7 Å². The molecule has 1 fully saturated rings. The number of hydrogen-bond donors (Lipinski definition) is 2. The highest BCUT2D eigenvalue weighted by Crippen LogP contribution is 2.56. The van der Waals surface area contributed by atoms with Gasteiger partial charge in [-0.2, -0.15) is 4.98 Å². The highest BCUT2D eigenvalue weighted by Gasteiger charge is 2.39. The van der Waals surface area contributed by atoms with Gasteiger partial charge in [0.25, 0.3) is 13.1 Å². The molecule has 0 bridgehead atoms. The fourth-order valence-electron chi connectivity index (χ4n) is 6.62. The fraction of sp³-hybridized carbons (Fsp3) is 0.848. The third kappa shape index (κ3) is 10.6. The van der Waals surface area contributed by atoms with Crippen LogP contribution in [0.15, 0.2) is 11.1 Å². The number of rotatable bonds is 22. The summed E-state index contributed by atoms with van der Waals surface area (Å²) < 4.78 is 31.1. The number of aromatic nitrogens is 4. The largest absolute Gasteiger partial charge is 0.369 e. The van der Waals surface area contributed by atoms with Crippen LogP contribution in [0.3, 0.4) is 0 Å². The summed E-state index contributed by atoms with van der Waals surface area (Å²) in [5, 5.41) is 0.